The summed E-state index contributed by atoms with van der Waals surface area (Å²) in [4.78, 5) is 18.1. The minimum atomic E-state index is -0.223. The Balaban J connectivity index is 2.38. The van der Waals surface area contributed by atoms with Gasteiger partial charge < -0.3 is 15.4 Å². The highest BCUT2D eigenvalue weighted by Crippen LogP contribution is 2.08. The van der Waals surface area contributed by atoms with Gasteiger partial charge in [-0.1, -0.05) is 30.3 Å². The topological polar surface area (TPSA) is 66.0 Å². The maximum absolute atomic E-state index is 11.2. The largest absolute Gasteiger partial charge is 0.469 e. The highest BCUT2D eigenvalue weighted by molar-refractivity contribution is 5.80. The lowest BCUT2D eigenvalue weighted by atomic mass is 10.1. The van der Waals surface area contributed by atoms with Gasteiger partial charge in [-0.2, -0.15) is 0 Å². The van der Waals surface area contributed by atoms with E-state index in [1.165, 1.54) is 12.7 Å². The molecule has 1 atom stereocenters. The van der Waals surface area contributed by atoms with Gasteiger partial charge in [0.05, 0.1) is 13.5 Å². The Bertz CT molecular complexity index is 519. The summed E-state index contributed by atoms with van der Waals surface area (Å²) in [5.74, 6) is 0.517. The van der Waals surface area contributed by atoms with E-state index in [1.54, 1.807) is 0 Å². The number of guanidine groups is 1. The quantitative estimate of drug-likeness (QED) is 0.385. The molecule has 1 aromatic carbocycles. The summed E-state index contributed by atoms with van der Waals surface area (Å²) in [5, 5.41) is 6.34. The molecule has 25 heavy (non-hydrogen) atoms. The van der Waals surface area contributed by atoms with Gasteiger partial charge in [0.2, 0.25) is 0 Å². The molecule has 0 saturated carbocycles. The van der Waals surface area contributed by atoms with Crippen molar-refractivity contribution in [3.63, 3.8) is 0 Å². The van der Waals surface area contributed by atoms with Crippen LogP contribution < -0.4 is 10.6 Å². The highest BCUT2D eigenvalue weighted by Gasteiger charge is 2.09. The first-order valence-electron chi connectivity index (χ1n) is 8.90. The van der Waals surface area contributed by atoms with E-state index in [1.807, 2.05) is 13.0 Å². The molecule has 0 spiro atoms. The third kappa shape index (κ3) is 9.10. The molecule has 0 fully saturated rings. The second kappa shape index (κ2) is 12.3. The van der Waals surface area contributed by atoms with Gasteiger partial charge in [0, 0.05) is 32.2 Å². The van der Waals surface area contributed by atoms with Crippen molar-refractivity contribution in [2.45, 2.75) is 39.3 Å². The van der Waals surface area contributed by atoms with Crippen molar-refractivity contribution in [1.29, 1.82) is 0 Å². The van der Waals surface area contributed by atoms with Gasteiger partial charge in [-0.3, -0.25) is 14.7 Å². The van der Waals surface area contributed by atoms with E-state index in [9.17, 15) is 4.79 Å². The summed E-state index contributed by atoms with van der Waals surface area (Å²) < 4.78 is 4.64. The zero-order chi connectivity index (χ0) is 18.5. The molecule has 0 saturated heterocycles. The van der Waals surface area contributed by atoms with E-state index < -0.39 is 0 Å². The Morgan fingerprint density at radius 3 is 2.64 bits per heavy atom. The van der Waals surface area contributed by atoms with Crippen LogP contribution in [0.3, 0.4) is 0 Å². The number of carbonyl (C=O) groups is 1. The van der Waals surface area contributed by atoms with Crippen molar-refractivity contribution in [2.24, 2.45) is 4.99 Å². The van der Waals surface area contributed by atoms with Gasteiger partial charge in [-0.05, 0) is 32.9 Å². The van der Waals surface area contributed by atoms with Gasteiger partial charge in [0.25, 0.3) is 0 Å². The van der Waals surface area contributed by atoms with Crippen LogP contribution in [0, 0.1) is 0 Å². The maximum atomic E-state index is 11.2. The van der Waals surface area contributed by atoms with E-state index in [0.29, 0.717) is 19.0 Å². The molecule has 0 amide bonds. The summed E-state index contributed by atoms with van der Waals surface area (Å²) in [6.45, 7) is 7.20. The van der Waals surface area contributed by atoms with Crippen LogP contribution in [0.2, 0.25) is 0 Å². The molecule has 2 N–H and O–H groups in total. The molecule has 6 heteroatoms. The average molecular weight is 348 g/mol. The molecule has 0 aromatic heterocycles. The molecule has 1 rings (SSSR count). The third-order valence-electron chi connectivity index (χ3n) is 4.04. The smallest absolute Gasteiger partial charge is 0.307 e. The minimum absolute atomic E-state index is 0.223. The van der Waals surface area contributed by atoms with Crippen LogP contribution in [0.1, 0.15) is 32.3 Å². The van der Waals surface area contributed by atoms with Crippen molar-refractivity contribution < 1.29 is 9.53 Å². The standard InChI is InChI=1S/C19H32N4O2/c1-5-20-19(22-14-12-18(24)25-4)21-13-11-16(2)23(3)15-17-9-7-6-8-10-17/h6-10,16H,5,11-15H2,1-4H3,(H2,20,21,22). The number of benzene rings is 1. The van der Waals surface area contributed by atoms with Crippen molar-refractivity contribution >= 4 is 11.9 Å². The lowest BCUT2D eigenvalue weighted by Gasteiger charge is -2.24. The molecule has 1 aromatic rings. The molecule has 0 aliphatic rings. The summed E-state index contributed by atoms with van der Waals surface area (Å²) in [7, 11) is 3.54. The van der Waals surface area contributed by atoms with Crippen LogP contribution in [0.4, 0.5) is 0 Å². The molecular formula is C19H32N4O2. The second-order valence-corrected chi connectivity index (χ2v) is 6.05. The van der Waals surface area contributed by atoms with Crippen molar-refractivity contribution in [3.8, 4) is 0 Å². The number of rotatable bonds is 10. The van der Waals surface area contributed by atoms with Crippen molar-refractivity contribution in [3.05, 3.63) is 35.9 Å². The number of nitrogens with one attached hydrogen (secondary N) is 2. The van der Waals surface area contributed by atoms with E-state index >= 15 is 0 Å². The first-order chi connectivity index (χ1) is 12.1. The molecule has 6 nitrogen and oxygen atoms in total. The first kappa shape index (κ1) is 21.0. The van der Waals surface area contributed by atoms with Gasteiger partial charge >= 0.3 is 5.97 Å². The SMILES string of the molecule is CCNC(=NCCC(C)N(C)Cc1ccccc1)NCCC(=O)OC. The summed E-state index contributed by atoms with van der Waals surface area (Å²) in [6, 6.07) is 10.9. The molecular weight excluding hydrogens is 316 g/mol. The summed E-state index contributed by atoms with van der Waals surface area (Å²) >= 11 is 0. The zero-order valence-electron chi connectivity index (χ0n) is 15.9. The van der Waals surface area contributed by atoms with E-state index in [4.69, 9.17) is 0 Å². The van der Waals surface area contributed by atoms with Gasteiger partial charge in [0.15, 0.2) is 5.96 Å². The molecule has 0 aliphatic carbocycles. The fourth-order valence-corrected chi connectivity index (χ4v) is 2.34. The lowest BCUT2D eigenvalue weighted by molar-refractivity contribution is -0.140. The Labute approximate surface area is 151 Å². The van der Waals surface area contributed by atoms with Crippen molar-refractivity contribution in [2.75, 3.05) is 33.8 Å². The number of hydrogen-bond donors (Lipinski definition) is 2. The number of carbonyl (C=O) groups excluding carboxylic acids is 1. The van der Waals surface area contributed by atoms with Gasteiger partial charge in [-0.25, -0.2) is 0 Å². The summed E-state index contributed by atoms with van der Waals surface area (Å²) in [6.07, 6.45) is 1.30. The van der Waals surface area contributed by atoms with E-state index in [2.05, 4.69) is 63.5 Å². The lowest BCUT2D eigenvalue weighted by Crippen LogP contribution is -2.38. The predicted molar refractivity (Wildman–Crippen MR) is 103 cm³/mol. The number of nitrogens with zero attached hydrogens (tertiary/aromatic N) is 2. The Kier molecular flexibility index (Phi) is 10.3. The number of methoxy groups -OCH3 is 1. The van der Waals surface area contributed by atoms with Gasteiger partial charge in [0.1, 0.15) is 0 Å². The molecule has 0 aliphatic heterocycles. The number of esters is 1. The number of aliphatic imine (C=N–C) groups is 1. The Morgan fingerprint density at radius 2 is 2.00 bits per heavy atom. The Hall–Kier alpha value is -2.08. The molecule has 0 heterocycles. The third-order valence-corrected chi connectivity index (χ3v) is 4.04. The monoisotopic (exact) mass is 348 g/mol. The number of hydrogen-bond acceptors (Lipinski definition) is 4. The van der Waals surface area contributed by atoms with E-state index in [0.717, 1.165) is 32.0 Å². The number of ether oxygens (including phenoxy) is 1. The maximum Gasteiger partial charge on any atom is 0.307 e. The van der Waals surface area contributed by atoms with Crippen LogP contribution in [-0.4, -0.2) is 56.7 Å². The minimum Gasteiger partial charge on any atom is -0.469 e. The van der Waals surface area contributed by atoms with Crippen LogP contribution in [-0.2, 0) is 16.1 Å². The predicted octanol–water partition coefficient (Wildman–Crippen LogP) is 2.02. The molecule has 0 radical (unpaired) electrons. The van der Waals surface area contributed by atoms with Gasteiger partial charge in [-0.15, -0.1) is 0 Å². The highest BCUT2D eigenvalue weighted by atomic mass is 16.5. The fourth-order valence-electron chi connectivity index (χ4n) is 2.34. The fraction of sp³-hybridized carbons (Fsp3) is 0.579. The summed E-state index contributed by atoms with van der Waals surface area (Å²) in [5.41, 5.74) is 1.32. The van der Waals surface area contributed by atoms with Crippen molar-refractivity contribution in [1.82, 2.24) is 15.5 Å². The molecule has 0 bridgehead atoms. The van der Waals surface area contributed by atoms with E-state index in [-0.39, 0.29) is 5.97 Å². The Morgan fingerprint density at radius 1 is 1.28 bits per heavy atom. The van der Waals surface area contributed by atoms with Crippen LogP contribution in [0.5, 0.6) is 0 Å². The molecule has 140 valence electrons. The normalized spacial score (nSPS) is 12.8. The van der Waals surface area contributed by atoms with Crippen LogP contribution in [0.25, 0.3) is 0 Å². The first-order valence-corrected chi connectivity index (χ1v) is 8.90. The average Bonchev–Trinajstić information content (AvgIpc) is 2.62. The van der Waals surface area contributed by atoms with Crippen LogP contribution in [0.15, 0.2) is 35.3 Å². The zero-order valence-corrected chi connectivity index (χ0v) is 15.9. The van der Waals surface area contributed by atoms with Crippen LogP contribution >= 0.6 is 0 Å². The second-order valence-electron chi connectivity index (χ2n) is 6.05. The molecule has 1 unspecified atom stereocenters.